The minimum absolute atomic E-state index is 0.0597. The van der Waals surface area contributed by atoms with Crippen molar-refractivity contribution in [1.82, 2.24) is 0 Å². The van der Waals surface area contributed by atoms with E-state index in [4.69, 9.17) is 11.6 Å². The van der Waals surface area contributed by atoms with Crippen molar-refractivity contribution in [2.45, 2.75) is 65.4 Å². The van der Waals surface area contributed by atoms with Crippen LogP contribution in [0.15, 0.2) is 34.4 Å². The second-order valence-corrected chi connectivity index (χ2v) is 9.35. The molecule has 4 aliphatic rings. The molecule has 0 aromatic heterocycles. The van der Waals surface area contributed by atoms with Gasteiger partial charge in [-0.1, -0.05) is 43.7 Å². The molecule has 0 amide bonds. The van der Waals surface area contributed by atoms with E-state index in [1.54, 1.807) is 0 Å². The quantitative estimate of drug-likeness (QED) is 0.572. The van der Waals surface area contributed by atoms with E-state index < -0.39 is 0 Å². The van der Waals surface area contributed by atoms with Crippen molar-refractivity contribution in [3.8, 4) is 0 Å². The largest absolute Gasteiger partial charge is 0.393 e. The summed E-state index contributed by atoms with van der Waals surface area (Å²) < 4.78 is 0. The highest BCUT2D eigenvalue weighted by Gasteiger charge is 2.60. The van der Waals surface area contributed by atoms with Crippen LogP contribution in [0, 0.1) is 28.6 Å². The molecule has 2 heteroatoms. The van der Waals surface area contributed by atoms with Gasteiger partial charge in [-0.05, 0) is 73.3 Å². The first-order valence-electron chi connectivity index (χ1n) is 9.22. The van der Waals surface area contributed by atoms with Gasteiger partial charge in [-0.3, -0.25) is 0 Å². The molecule has 0 aromatic carbocycles. The van der Waals surface area contributed by atoms with Crippen LogP contribution in [-0.4, -0.2) is 11.2 Å². The second kappa shape index (κ2) is 4.99. The Kier molecular flexibility index (Phi) is 3.46. The zero-order chi connectivity index (χ0) is 16.6. The van der Waals surface area contributed by atoms with Gasteiger partial charge in [-0.2, -0.15) is 0 Å². The van der Waals surface area contributed by atoms with Crippen molar-refractivity contribution in [1.29, 1.82) is 0 Å². The maximum atomic E-state index is 10.6. The molecule has 0 aromatic rings. The number of fused-ring (bicyclic) bond motifs is 5. The normalized spacial score (nSPS) is 49.4. The number of rotatable bonds is 0. The summed E-state index contributed by atoms with van der Waals surface area (Å²) >= 11 is 6.67. The molecule has 6 atom stereocenters. The standard InChI is InChI=1S/C21H29ClO/c1-12-11-14-15-6-8-18(23)20(15,3)10-9-16(14)21(4)13(2)5-7-17(22)19(12)21/h5,14-16,18,23H,1,6-11H2,2-4H3/t14-,15-,16-,18-,20-,21+/m0/s1. The van der Waals surface area contributed by atoms with Gasteiger partial charge in [0.25, 0.3) is 0 Å². The Morgan fingerprint density at radius 2 is 1.96 bits per heavy atom. The van der Waals surface area contributed by atoms with Crippen LogP contribution in [-0.2, 0) is 0 Å². The molecular weight excluding hydrogens is 304 g/mol. The highest BCUT2D eigenvalue weighted by atomic mass is 35.5. The predicted octanol–water partition coefficient (Wildman–Crippen LogP) is 5.60. The van der Waals surface area contributed by atoms with Crippen LogP contribution < -0.4 is 0 Å². The van der Waals surface area contributed by atoms with E-state index in [0.29, 0.717) is 17.8 Å². The number of aliphatic hydroxyl groups is 1. The summed E-state index contributed by atoms with van der Waals surface area (Å²) in [5, 5.41) is 11.6. The lowest BCUT2D eigenvalue weighted by Gasteiger charge is -2.58. The first kappa shape index (κ1) is 16.0. The van der Waals surface area contributed by atoms with Crippen molar-refractivity contribution in [2.24, 2.45) is 28.6 Å². The van der Waals surface area contributed by atoms with Gasteiger partial charge in [0.2, 0.25) is 0 Å². The fourth-order valence-electron chi connectivity index (χ4n) is 6.72. The van der Waals surface area contributed by atoms with Crippen LogP contribution >= 0.6 is 11.6 Å². The number of hydrogen-bond acceptors (Lipinski definition) is 1. The van der Waals surface area contributed by atoms with Crippen molar-refractivity contribution in [2.75, 3.05) is 0 Å². The van der Waals surface area contributed by atoms with Gasteiger partial charge in [0.1, 0.15) is 0 Å². The van der Waals surface area contributed by atoms with Crippen molar-refractivity contribution in [3.63, 3.8) is 0 Å². The predicted molar refractivity (Wildman–Crippen MR) is 96.2 cm³/mol. The Balaban J connectivity index is 1.81. The molecular formula is C21H29ClO. The van der Waals surface area contributed by atoms with Crippen LogP contribution in [0.4, 0.5) is 0 Å². The van der Waals surface area contributed by atoms with Crippen molar-refractivity contribution < 1.29 is 5.11 Å². The summed E-state index contributed by atoms with van der Waals surface area (Å²) in [5.74, 6) is 1.94. The Hall–Kier alpha value is -0.530. The monoisotopic (exact) mass is 332 g/mol. The van der Waals surface area contributed by atoms with Gasteiger partial charge >= 0.3 is 0 Å². The third kappa shape index (κ3) is 1.90. The van der Waals surface area contributed by atoms with Crippen molar-refractivity contribution >= 4 is 11.6 Å². The third-order valence-electron chi connectivity index (χ3n) is 8.16. The van der Waals surface area contributed by atoms with E-state index in [-0.39, 0.29) is 16.9 Å². The minimum atomic E-state index is -0.113. The zero-order valence-corrected chi connectivity index (χ0v) is 15.4. The molecule has 3 saturated carbocycles. The van der Waals surface area contributed by atoms with E-state index in [1.165, 1.54) is 29.6 Å². The van der Waals surface area contributed by atoms with E-state index in [0.717, 1.165) is 30.7 Å². The van der Waals surface area contributed by atoms with E-state index in [1.807, 2.05) is 0 Å². The molecule has 0 radical (unpaired) electrons. The number of hydrogen-bond donors (Lipinski definition) is 1. The van der Waals surface area contributed by atoms with Gasteiger partial charge in [-0.15, -0.1) is 0 Å². The molecule has 1 nitrogen and oxygen atoms in total. The fourth-order valence-corrected chi connectivity index (χ4v) is 7.13. The van der Waals surface area contributed by atoms with Gasteiger partial charge < -0.3 is 5.11 Å². The molecule has 0 unspecified atom stereocenters. The summed E-state index contributed by atoms with van der Waals surface area (Å²) in [6.45, 7) is 11.5. The topological polar surface area (TPSA) is 20.2 Å². The lowest BCUT2D eigenvalue weighted by molar-refractivity contribution is -0.0572. The van der Waals surface area contributed by atoms with Gasteiger partial charge in [0.15, 0.2) is 0 Å². The zero-order valence-electron chi connectivity index (χ0n) is 14.7. The summed E-state index contributed by atoms with van der Waals surface area (Å²) in [6.07, 6.45) is 8.68. The maximum Gasteiger partial charge on any atom is 0.0596 e. The van der Waals surface area contributed by atoms with Gasteiger partial charge in [-0.25, -0.2) is 0 Å². The molecule has 4 aliphatic carbocycles. The van der Waals surface area contributed by atoms with Gasteiger partial charge in [0.05, 0.1) is 6.10 Å². The fraction of sp³-hybridized carbons (Fsp3) is 0.714. The highest BCUT2D eigenvalue weighted by Crippen LogP contribution is 2.67. The molecule has 4 rings (SSSR count). The second-order valence-electron chi connectivity index (χ2n) is 8.90. The molecule has 23 heavy (non-hydrogen) atoms. The lowest BCUT2D eigenvalue weighted by Crippen LogP contribution is -2.51. The van der Waals surface area contributed by atoms with Crippen LogP contribution in [0.5, 0.6) is 0 Å². The van der Waals surface area contributed by atoms with E-state index in [2.05, 4.69) is 33.4 Å². The van der Waals surface area contributed by atoms with E-state index >= 15 is 0 Å². The Morgan fingerprint density at radius 3 is 2.70 bits per heavy atom. The first-order chi connectivity index (χ1) is 10.8. The SMILES string of the molecule is C=C1C[C@@H]2[C@H](CC[C@]3(C)[C@@H](O)CC[C@@H]23)[C@@]2(C)C(C)=CCC(Cl)=C12. The molecule has 1 N–H and O–H groups in total. The molecule has 3 fully saturated rings. The molecule has 126 valence electrons. The average molecular weight is 333 g/mol. The summed E-state index contributed by atoms with van der Waals surface area (Å²) in [7, 11) is 0. The summed E-state index contributed by atoms with van der Waals surface area (Å²) in [6, 6.07) is 0. The van der Waals surface area contributed by atoms with Crippen molar-refractivity contribution in [3.05, 3.63) is 34.4 Å². The average Bonchev–Trinajstić information content (AvgIpc) is 2.79. The summed E-state index contributed by atoms with van der Waals surface area (Å²) in [5.41, 5.74) is 4.27. The van der Waals surface area contributed by atoms with Crippen LogP contribution in [0.1, 0.15) is 59.3 Å². The van der Waals surface area contributed by atoms with Crippen LogP contribution in [0.2, 0.25) is 0 Å². The molecule has 0 saturated heterocycles. The molecule has 0 spiro atoms. The van der Waals surface area contributed by atoms with Crippen LogP contribution in [0.25, 0.3) is 0 Å². The molecule has 0 heterocycles. The number of aliphatic hydroxyl groups excluding tert-OH is 1. The first-order valence-corrected chi connectivity index (χ1v) is 9.60. The van der Waals surface area contributed by atoms with Crippen LogP contribution in [0.3, 0.4) is 0 Å². The lowest BCUT2D eigenvalue weighted by atomic mass is 9.46. The van der Waals surface area contributed by atoms with Gasteiger partial charge in [0, 0.05) is 16.9 Å². The number of halogens is 1. The Morgan fingerprint density at radius 1 is 1.22 bits per heavy atom. The summed E-state index contributed by atoms with van der Waals surface area (Å²) in [4.78, 5) is 0. The Labute approximate surface area is 145 Å². The Bertz CT molecular complexity index is 630. The minimum Gasteiger partial charge on any atom is -0.393 e. The number of allylic oxidation sites excluding steroid dienone is 5. The highest BCUT2D eigenvalue weighted by molar-refractivity contribution is 6.30. The smallest absolute Gasteiger partial charge is 0.0596 e. The van der Waals surface area contributed by atoms with E-state index in [9.17, 15) is 5.11 Å². The molecule has 0 aliphatic heterocycles. The maximum absolute atomic E-state index is 10.6. The third-order valence-corrected chi connectivity index (χ3v) is 8.50. The molecule has 0 bridgehead atoms.